The zero-order chi connectivity index (χ0) is 15.2. The van der Waals surface area contributed by atoms with E-state index in [1.165, 1.54) is 12.8 Å². The molecule has 22 heavy (non-hydrogen) atoms. The van der Waals surface area contributed by atoms with Gasteiger partial charge in [0, 0.05) is 6.20 Å². The first-order valence-corrected chi connectivity index (χ1v) is 7.65. The van der Waals surface area contributed by atoms with E-state index < -0.39 is 0 Å². The van der Waals surface area contributed by atoms with E-state index in [4.69, 9.17) is 9.47 Å². The second-order valence-electron chi connectivity index (χ2n) is 5.42. The molecule has 1 heterocycles. The Hall–Kier alpha value is -2.36. The summed E-state index contributed by atoms with van der Waals surface area (Å²) in [5.74, 6) is 1.60. The van der Waals surface area contributed by atoms with Gasteiger partial charge in [0.2, 0.25) is 0 Å². The van der Waals surface area contributed by atoms with E-state index >= 15 is 0 Å². The molecule has 0 spiro atoms. The van der Waals surface area contributed by atoms with Crippen molar-refractivity contribution in [2.24, 2.45) is 0 Å². The van der Waals surface area contributed by atoms with E-state index in [9.17, 15) is 0 Å². The highest BCUT2D eigenvalue weighted by atomic mass is 16.5. The number of rotatable bonds is 5. The van der Waals surface area contributed by atoms with Crippen molar-refractivity contribution in [3.8, 4) is 11.5 Å². The van der Waals surface area contributed by atoms with Gasteiger partial charge in [-0.05, 0) is 61.6 Å². The number of methoxy groups -OCH3 is 1. The number of hydrogen-bond acceptors (Lipinski definition) is 4. The fourth-order valence-electron chi connectivity index (χ4n) is 2.66. The van der Waals surface area contributed by atoms with Crippen molar-refractivity contribution in [2.45, 2.75) is 31.8 Å². The third-order valence-corrected chi connectivity index (χ3v) is 3.82. The van der Waals surface area contributed by atoms with Crippen LogP contribution in [0.15, 0.2) is 36.5 Å². The Morgan fingerprint density at radius 1 is 1.09 bits per heavy atom. The third kappa shape index (κ3) is 3.64. The molecule has 0 amide bonds. The van der Waals surface area contributed by atoms with E-state index in [-0.39, 0.29) is 0 Å². The maximum Gasteiger partial charge on any atom is 0.162 e. The zero-order valence-corrected chi connectivity index (χ0v) is 12.7. The fraction of sp³-hybridized carbons (Fsp3) is 0.333. The Labute approximate surface area is 130 Å². The van der Waals surface area contributed by atoms with Crippen LogP contribution in [-0.4, -0.2) is 23.4 Å². The zero-order valence-electron chi connectivity index (χ0n) is 12.7. The first-order chi connectivity index (χ1) is 10.8. The second kappa shape index (κ2) is 7.07. The minimum Gasteiger partial charge on any atom is -0.493 e. The number of aromatic nitrogens is 2. The van der Waals surface area contributed by atoms with Gasteiger partial charge in [0.05, 0.1) is 18.9 Å². The molecule has 1 fully saturated rings. The van der Waals surface area contributed by atoms with E-state index in [0.717, 1.165) is 35.6 Å². The summed E-state index contributed by atoms with van der Waals surface area (Å²) in [5.41, 5.74) is 1.89. The molecule has 1 aromatic heterocycles. The summed E-state index contributed by atoms with van der Waals surface area (Å²) in [4.78, 5) is 0. The number of benzene rings is 1. The molecule has 0 saturated heterocycles. The molecule has 114 valence electrons. The molecule has 0 N–H and O–H groups in total. The van der Waals surface area contributed by atoms with E-state index in [1.807, 2.05) is 42.5 Å². The molecule has 1 saturated carbocycles. The fourth-order valence-corrected chi connectivity index (χ4v) is 2.66. The molecule has 4 heteroatoms. The maximum absolute atomic E-state index is 6.10. The van der Waals surface area contributed by atoms with Crippen molar-refractivity contribution in [1.29, 1.82) is 0 Å². The monoisotopic (exact) mass is 296 g/mol. The van der Waals surface area contributed by atoms with Crippen LogP contribution in [0.5, 0.6) is 11.5 Å². The molecule has 2 aromatic rings. The lowest BCUT2D eigenvalue weighted by molar-refractivity contribution is 0.201. The minimum atomic E-state index is 0.313. The Morgan fingerprint density at radius 3 is 2.68 bits per heavy atom. The normalized spacial score (nSPS) is 15.3. The molecule has 0 atom stereocenters. The Balaban J connectivity index is 1.78. The van der Waals surface area contributed by atoms with Crippen LogP contribution in [0.25, 0.3) is 12.2 Å². The van der Waals surface area contributed by atoms with Crippen molar-refractivity contribution in [3.63, 3.8) is 0 Å². The topological polar surface area (TPSA) is 44.2 Å². The van der Waals surface area contributed by atoms with E-state index in [1.54, 1.807) is 13.3 Å². The van der Waals surface area contributed by atoms with Crippen molar-refractivity contribution >= 4 is 12.2 Å². The SMILES string of the molecule is COc1ccc(C=Cc2cccnn2)cc1OC1CCCC1. The lowest BCUT2D eigenvalue weighted by Crippen LogP contribution is -2.11. The molecule has 0 unspecified atom stereocenters. The Bertz CT molecular complexity index is 635. The van der Waals surface area contributed by atoms with Crippen molar-refractivity contribution in [1.82, 2.24) is 10.2 Å². The summed E-state index contributed by atoms with van der Waals surface area (Å²) in [7, 11) is 1.67. The molecular formula is C18H20N2O2. The Kier molecular flexibility index (Phi) is 4.68. The smallest absolute Gasteiger partial charge is 0.162 e. The molecule has 1 aliphatic rings. The van der Waals surface area contributed by atoms with Gasteiger partial charge in [-0.2, -0.15) is 10.2 Å². The van der Waals surface area contributed by atoms with Crippen molar-refractivity contribution in [2.75, 3.05) is 7.11 Å². The van der Waals surface area contributed by atoms with Gasteiger partial charge in [-0.25, -0.2) is 0 Å². The quantitative estimate of drug-likeness (QED) is 0.837. The minimum absolute atomic E-state index is 0.313. The predicted molar refractivity (Wildman–Crippen MR) is 86.8 cm³/mol. The van der Waals surface area contributed by atoms with E-state index in [2.05, 4.69) is 10.2 Å². The Morgan fingerprint density at radius 2 is 1.95 bits per heavy atom. The average molecular weight is 296 g/mol. The molecule has 0 radical (unpaired) electrons. The maximum atomic E-state index is 6.10. The van der Waals surface area contributed by atoms with Gasteiger partial charge in [-0.3, -0.25) is 0 Å². The lowest BCUT2D eigenvalue weighted by atomic mass is 10.1. The van der Waals surface area contributed by atoms with Gasteiger partial charge in [-0.15, -0.1) is 0 Å². The van der Waals surface area contributed by atoms with Crippen LogP contribution in [0.1, 0.15) is 36.9 Å². The third-order valence-electron chi connectivity index (χ3n) is 3.82. The molecule has 0 bridgehead atoms. The summed E-state index contributed by atoms with van der Waals surface area (Å²) in [6.07, 6.45) is 10.7. The summed E-state index contributed by atoms with van der Waals surface area (Å²) in [5, 5.41) is 7.90. The van der Waals surface area contributed by atoms with Crippen LogP contribution in [0.4, 0.5) is 0 Å². The van der Waals surface area contributed by atoms with Gasteiger partial charge in [0.15, 0.2) is 11.5 Å². The highest BCUT2D eigenvalue weighted by Gasteiger charge is 2.18. The van der Waals surface area contributed by atoms with Crippen LogP contribution in [0.2, 0.25) is 0 Å². The lowest BCUT2D eigenvalue weighted by Gasteiger charge is -2.16. The van der Waals surface area contributed by atoms with Crippen LogP contribution in [0.3, 0.4) is 0 Å². The number of hydrogen-bond donors (Lipinski definition) is 0. The van der Waals surface area contributed by atoms with Gasteiger partial charge >= 0.3 is 0 Å². The highest BCUT2D eigenvalue weighted by molar-refractivity contribution is 5.69. The summed E-state index contributed by atoms with van der Waals surface area (Å²) in [6.45, 7) is 0. The van der Waals surface area contributed by atoms with Gasteiger partial charge in [-0.1, -0.05) is 12.1 Å². The van der Waals surface area contributed by atoms with Crippen LogP contribution in [-0.2, 0) is 0 Å². The van der Waals surface area contributed by atoms with Crippen molar-refractivity contribution in [3.05, 3.63) is 47.8 Å². The molecule has 1 aromatic carbocycles. The number of ether oxygens (including phenoxy) is 2. The molecule has 1 aliphatic carbocycles. The summed E-state index contributed by atoms with van der Waals surface area (Å²) >= 11 is 0. The molecular weight excluding hydrogens is 276 g/mol. The number of nitrogens with zero attached hydrogens (tertiary/aromatic N) is 2. The van der Waals surface area contributed by atoms with Gasteiger partial charge < -0.3 is 9.47 Å². The first kappa shape index (κ1) is 14.6. The van der Waals surface area contributed by atoms with Crippen LogP contribution in [0, 0.1) is 0 Å². The largest absolute Gasteiger partial charge is 0.493 e. The summed E-state index contributed by atoms with van der Waals surface area (Å²) < 4.78 is 11.5. The molecule has 4 nitrogen and oxygen atoms in total. The van der Waals surface area contributed by atoms with E-state index in [0.29, 0.717) is 6.10 Å². The average Bonchev–Trinajstić information content (AvgIpc) is 3.07. The highest BCUT2D eigenvalue weighted by Crippen LogP contribution is 2.32. The van der Waals surface area contributed by atoms with Crippen LogP contribution >= 0.6 is 0 Å². The standard InChI is InChI=1S/C18H20N2O2/c1-21-17-11-9-14(8-10-15-5-4-12-19-20-15)13-18(17)22-16-6-2-3-7-16/h4-5,8-13,16H,2-3,6-7H2,1H3. The van der Waals surface area contributed by atoms with Gasteiger partial charge in [0.25, 0.3) is 0 Å². The van der Waals surface area contributed by atoms with Crippen LogP contribution < -0.4 is 9.47 Å². The second-order valence-corrected chi connectivity index (χ2v) is 5.42. The molecule has 0 aliphatic heterocycles. The van der Waals surface area contributed by atoms with Crippen molar-refractivity contribution < 1.29 is 9.47 Å². The summed E-state index contributed by atoms with van der Waals surface area (Å²) in [6, 6.07) is 9.76. The molecule has 3 rings (SSSR count). The van der Waals surface area contributed by atoms with Gasteiger partial charge in [0.1, 0.15) is 0 Å². The first-order valence-electron chi connectivity index (χ1n) is 7.65. The predicted octanol–water partition coefficient (Wildman–Crippen LogP) is 3.98.